The Morgan fingerprint density at radius 3 is 2.50 bits per heavy atom. The fourth-order valence-corrected chi connectivity index (χ4v) is 1.30. The van der Waals surface area contributed by atoms with Crippen LogP contribution in [0, 0.1) is 18.6 Å². The molecule has 92 valence electrons. The fraction of sp³-hybridized carbons (Fsp3) is 0.0833. The van der Waals surface area contributed by atoms with Gasteiger partial charge in [0.15, 0.2) is 0 Å². The zero-order valence-electron chi connectivity index (χ0n) is 9.45. The Labute approximate surface area is 102 Å². The second-order valence-electron chi connectivity index (χ2n) is 3.60. The molecule has 0 unspecified atom stereocenters. The molecule has 0 aliphatic heterocycles. The molecule has 0 spiro atoms. The van der Waals surface area contributed by atoms with Crippen LogP contribution in [-0.4, -0.2) is 15.9 Å². The maximum atomic E-state index is 13.3. The Bertz CT molecular complexity index is 584. The van der Waals surface area contributed by atoms with Crippen LogP contribution in [-0.2, 0) is 0 Å². The van der Waals surface area contributed by atoms with Crippen molar-refractivity contribution in [3.05, 3.63) is 53.6 Å². The normalized spacial score (nSPS) is 10.2. The van der Waals surface area contributed by atoms with Gasteiger partial charge in [-0.2, -0.15) is 0 Å². The highest BCUT2D eigenvalue weighted by Gasteiger charge is 2.10. The monoisotopic (exact) mass is 249 g/mol. The summed E-state index contributed by atoms with van der Waals surface area (Å²) in [5.74, 6) is -1.57. The molecule has 0 fully saturated rings. The van der Waals surface area contributed by atoms with Crippen molar-refractivity contribution in [1.29, 1.82) is 0 Å². The number of carbonyl (C=O) groups is 1. The van der Waals surface area contributed by atoms with E-state index in [4.69, 9.17) is 0 Å². The van der Waals surface area contributed by atoms with Crippen LogP contribution in [0.2, 0.25) is 0 Å². The van der Waals surface area contributed by atoms with Crippen molar-refractivity contribution in [3.63, 3.8) is 0 Å². The van der Waals surface area contributed by atoms with Crippen molar-refractivity contribution in [1.82, 2.24) is 9.97 Å². The Kier molecular flexibility index (Phi) is 3.27. The first-order valence-electron chi connectivity index (χ1n) is 5.11. The zero-order chi connectivity index (χ0) is 13.1. The number of rotatable bonds is 2. The van der Waals surface area contributed by atoms with Gasteiger partial charge in [0.2, 0.25) is 0 Å². The molecule has 1 aromatic heterocycles. The van der Waals surface area contributed by atoms with Gasteiger partial charge in [-0.15, -0.1) is 0 Å². The van der Waals surface area contributed by atoms with Crippen molar-refractivity contribution >= 4 is 11.6 Å². The highest BCUT2D eigenvalue weighted by molar-refractivity contribution is 6.03. The van der Waals surface area contributed by atoms with Gasteiger partial charge in [-0.25, -0.2) is 18.7 Å². The van der Waals surface area contributed by atoms with Gasteiger partial charge in [-0.05, 0) is 19.1 Å². The molecule has 0 bridgehead atoms. The van der Waals surface area contributed by atoms with Gasteiger partial charge in [0.05, 0.1) is 11.3 Å². The molecule has 2 rings (SSSR count). The number of benzene rings is 1. The molecule has 4 nitrogen and oxygen atoms in total. The number of hydrogen-bond donors (Lipinski definition) is 1. The largest absolute Gasteiger partial charge is 0.319 e. The highest BCUT2D eigenvalue weighted by Crippen LogP contribution is 2.15. The summed E-state index contributed by atoms with van der Waals surface area (Å²) < 4.78 is 26.0. The number of aryl methyl sites for hydroxylation is 1. The van der Waals surface area contributed by atoms with E-state index in [1.54, 1.807) is 6.92 Å². The van der Waals surface area contributed by atoms with E-state index < -0.39 is 17.5 Å². The summed E-state index contributed by atoms with van der Waals surface area (Å²) in [7, 11) is 0. The van der Waals surface area contributed by atoms with Crippen LogP contribution in [0.4, 0.5) is 14.5 Å². The number of aromatic nitrogens is 2. The second-order valence-corrected chi connectivity index (χ2v) is 3.60. The van der Waals surface area contributed by atoms with Crippen LogP contribution >= 0.6 is 0 Å². The third kappa shape index (κ3) is 2.65. The molecule has 0 radical (unpaired) electrons. The highest BCUT2D eigenvalue weighted by atomic mass is 19.1. The summed E-state index contributed by atoms with van der Waals surface area (Å²) in [5.41, 5.74) is 0.103. The molecule has 6 heteroatoms. The lowest BCUT2D eigenvalue weighted by atomic mass is 10.2. The van der Waals surface area contributed by atoms with Crippen LogP contribution < -0.4 is 5.32 Å². The van der Waals surface area contributed by atoms with E-state index in [0.717, 1.165) is 12.1 Å². The van der Waals surface area contributed by atoms with E-state index in [2.05, 4.69) is 15.3 Å². The van der Waals surface area contributed by atoms with E-state index in [1.807, 2.05) is 0 Å². The van der Waals surface area contributed by atoms with Gasteiger partial charge < -0.3 is 5.32 Å². The van der Waals surface area contributed by atoms with Crippen LogP contribution in [0.3, 0.4) is 0 Å². The lowest BCUT2D eigenvalue weighted by Gasteiger charge is -2.06. The van der Waals surface area contributed by atoms with Gasteiger partial charge in [0.25, 0.3) is 5.91 Å². The summed E-state index contributed by atoms with van der Waals surface area (Å²) in [6.07, 6.45) is 2.66. The maximum absolute atomic E-state index is 13.3. The number of hydrogen-bond acceptors (Lipinski definition) is 3. The minimum Gasteiger partial charge on any atom is -0.319 e. The molecule has 1 aromatic carbocycles. The summed E-state index contributed by atoms with van der Waals surface area (Å²) in [6.45, 7) is 1.68. The van der Waals surface area contributed by atoms with Crippen molar-refractivity contribution in [2.45, 2.75) is 6.92 Å². The third-order valence-electron chi connectivity index (χ3n) is 2.22. The number of nitrogens with zero attached hydrogens (tertiary/aromatic N) is 2. The van der Waals surface area contributed by atoms with Crippen molar-refractivity contribution in [2.24, 2.45) is 0 Å². The molecule has 1 N–H and O–H groups in total. The van der Waals surface area contributed by atoms with Crippen molar-refractivity contribution in [3.8, 4) is 0 Å². The molecule has 0 aliphatic rings. The van der Waals surface area contributed by atoms with Gasteiger partial charge in [0.1, 0.15) is 17.5 Å². The standard InChI is InChI=1S/C12H9F2N3O/c1-7-15-5-8(6-16-7)12(18)17-11-3-2-9(13)4-10(11)14/h2-6H,1H3,(H,17,18). The Balaban J connectivity index is 2.18. The first-order chi connectivity index (χ1) is 8.56. The molecular formula is C12H9F2N3O. The van der Waals surface area contributed by atoms with Crippen molar-refractivity contribution in [2.75, 3.05) is 5.32 Å². The van der Waals surface area contributed by atoms with Crippen LogP contribution in [0.15, 0.2) is 30.6 Å². The van der Waals surface area contributed by atoms with E-state index in [9.17, 15) is 13.6 Å². The SMILES string of the molecule is Cc1ncc(C(=O)Nc2ccc(F)cc2F)cn1. The number of carbonyl (C=O) groups excluding carboxylic acids is 1. The van der Waals surface area contributed by atoms with Crippen LogP contribution in [0.25, 0.3) is 0 Å². The minimum atomic E-state index is -0.837. The molecule has 1 heterocycles. The minimum absolute atomic E-state index is 0.0954. The molecule has 0 saturated carbocycles. The molecule has 1 amide bonds. The first-order valence-corrected chi connectivity index (χ1v) is 5.11. The smallest absolute Gasteiger partial charge is 0.258 e. The fourth-order valence-electron chi connectivity index (χ4n) is 1.30. The lowest BCUT2D eigenvalue weighted by molar-refractivity contribution is 0.102. The average Bonchev–Trinajstić information content (AvgIpc) is 2.33. The molecule has 0 atom stereocenters. The molecule has 0 aliphatic carbocycles. The molecule has 18 heavy (non-hydrogen) atoms. The van der Waals surface area contributed by atoms with E-state index >= 15 is 0 Å². The Morgan fingerprint density at radius 1 is 1.22 bits per heavy atom. The first kappa shape index (κ1) is 12.1. The number of amides is 1. The average molecular weight is 249 g/mol. The Hall–Kier alpha value is -2.37. The molecular weight excluding hydrogens is 240 g/mol. The summed E-state index contributed by atoms with van der Waals surface area (Å²) in [4.78, 5) is 19.4. The zero-order valence-corrected chi connectivity index (χ0v) is 9.45. The third-order valence-corrected chi connectivity index (χ3v) is 2.22. The van der Waals surface area contributed by atoms with Gasteiger partial charge in [0, 0.05) is 18.5 Å². The number of nitrogens with one attached hydrogen (secondary N) is 1. The van der Waals surface area contributed by atoms with Gasteiger partial charge in [-0.1, -0.05) is 0 Å². The second kappa shape index (κ2) is 4.87. The molecule has 2 aromatic rings. The van der Waals surface area contributed by atoms with Gasteiger partial charge >= 0.3 is 0 Å². The van der Waals surface area contributed by atoms with Crippen LogP contribution in [0.1, 0.15) is 16.2 Å². The van der Waals surface area contributed by atoms with E-state index in [-0.39, 0.29) is 11.3 Å². The quantitative estimate of drug-likeness (QED) is 0.888. The van der Waals surface area contributed by atoms with E-state index in [1.165, 1.54) is 12.4 Å². The van der Waals surface area contributed by atoms with Crippen LogP contribution in [0.5, 0.6) is 0 Å². The lowest BCUT2D eigenvalue weighted by Crippen LogP contribution is -2.14. The number of anilines is 1. The predicted molar refractivity (Wildman–Crippen MR) is 61.1 cm³/mol. The van der Waals surface area contributed by atoms with E-state index in [0.29, 0.717) is 11.9 Å². The van der Waals surface area contributed by atoms with Crippen molar-refractivity contribution < 1.29 is 13.6 Å². The summed E-state index contributed by atoms with van der Waals surface area (Å²) in [5, 5.41) is 2.31. The van der Waals surface area contributed by atoms with Gasteiger partial charge in [-0.3, -0.25) is 4.79 Å². The maximum Gasteiger partial charge on any atom is 0.258 e. The summed E-state index contributed by atoms with van der Waals surface area (Å²) in [6, 6.07) is 2.91. The molecule has 0 saturated heterocycles. The Morgan fingerprint density at radius 2 is 1.89 bits per heavy atom. The topological polar surface area (TPSA) is 54.9 Å². The summed E-state index contributed by atoms with van der Waals surface area (Å²) >= 11 is 0. The number of halogens is 2. The predicted octanol–water partition coefficient (Wildman–Crippen LogP) is 2.32.